The van der Waals surface area contributed by atoms with Crippen LogP contribution in [-0.2, 0) is 52.2 Å². The maximum Gasteiger partial charge on any atom is 0.308 e. The zero-order chi connectivity index (χ0) is 27.5. The molecule has 0 aromatic heterocycles. The van der Waals surface area contributed by atoms with Crippen LogP contribution >= 0.6 is 11.8 Å². The summed E-state index contributed by atoms with van der Waals surface area (Å²) >= 11 is 1.26. The first-order valence-electron chi connectivity index (χ1n) is 12.8. The summed E-state index contributed by atoms with van der Waals surface area (Å²) in [5.74, 6) is 0.408. The lowest BCUT2D eigenvalue weighted by molar-refractivity contribution is -0.156. The lowest BCUT2D eigenvalue weighted by Crippen LogP contribution is -2.24. The molecule has 0 fully saturated rings. The largest absolute Gasteiger partial charge is 0.460 e. The highest BCUT2D eigenvalue weighted by atomic mass is 32.2. The van der Waals surface area contributed by atoms with Crippen LogP contribution in [0.2, 0.25) is 0 Å². The molecular weight excluding hydrogens is 508 g/mol. The number of carbonyl (C=O) groups is 2. The molecule has 0 aliphatic heterocycles. The van der Waals surface area contributed by atoms with Gasteiger partial charge in [-0.2, -0.15) is 0 Å². The second-order valence-corrected chi connectivity index (χ2v) is 9.85. The van der Waals surface area contributed by atoms with E-state index in [1.54, 1.807) is 6.92 Å². The van der Waals surface area contributed by atoms with Gasteiger partial charge in [-0.25, -0.2) is 0 Å². The van der Waals surface area contributed by atoms with E-state index in [9.17, 15) is 9.59 Å². The molecule has 0 saturated heterocycles. The lowest BCUT2D eigenvalue weighted by atomic mass is 10.2. The number of esters is 1. The third-order valence-corrected chi connectivity index (χ3v) is 4.78. The molecule has 0 radical (unpaired) electrons. The molecule has 0 atom stereocenters. The third-order valence-electron chi connectivity index (χ3n) is 4.01. The van der Waals surface area contributed by atoms with Gasteiger partial charge in [0.25, 0.3) is 0 Å². The van der Waals surface area contributed by atoms with Gasteiger partial charge < -0.3 is 42.6 Å². The fourth-order valence-electron chi connectivity index (χ4n) is 2.43. The smallest absolute Gasteiger partial charge is 0.308 e. The standard InChI is InChI=1S/C25H48O11S/c1-23(26)37-22-21-35-20-19-34-18-17-33-16-15-32-14-13-31-12-11-30-10-9-29-8-7-28-6-5-24(27)36-25(2,3)4/h5-22H2,1-4H3. The zero-order valence-corrected chi connectivity index (χ0v) is 23.9. The minimum atomic E-state index is -0.471. The van der Waals surface area contributed by atoms with E-state index in [1.165, 1.54) is 11.8 Å². The molecule has 220 valence electrons. The molecular formula is C25H48O11S. The molecule has 0 amide bonds. The number of hydrogen-bond donors (Lipinski definition) is 0. The van der Waals surface area contributed by atoms with E-state index < -0.39 is 5.60 Å². The third kappa shape index (κ3) is 33.1. The second kappa shape index (κ2) is 26.8. The minimum Gasteiger partial charge on any atom is -0.460 e. The molecule has 37 heavy (non-hydrogen) atoms. The van der Waals surface area contributed by atoms with Crippen LogP contribution in [0.5, 0.6) is 0 Å². The molecule has 0 bridgehead atoms. The van der Waals surface area contributed by atoms with E-state index in [0.29, 0.717) is 111 Å². The topological polar surface area (TPSA) is 117 Å². The predicted molar refractivity (Wildman–Crippen MR) is 140 cm³/mol. The highest BCUT2D eigenvalue weighted by Gasteiger charge is 2.15. The van der Waals surface area contributed by atoms with Gasteiger partial charge in [-0.15, -0.1) is 0 Å². The zero-order valence-electron chi connectivity index (χ0n) is 23.1. The Hall–Kier alpha value is -0.830. The van der Waals surface area contributed by atoms with Gasteiger partial charge in [-0.3, -0.25) is 9.59 Å². The summed E-state index contributed by atoms with van der Waals surface area (Å²) in [7, 11) is 0. The Morgan fingerprint density at radius 3 is 1.11 bits per heavy atom. The van der Waals surface area contributed by atoms with Crippen LogP contribution in [0.4, 0.5) is 0 Å². The molecule has 12 heteroatoms. The lowest BCUT2D eigenvalue weighted by Gasteiger charge is -2.19. The number of carbonyl (C=O) groups excluding carboxylic acids is 2. The fourth-order valence-corrected chi connectivity index (χ4v) is 2.92. The molecule has 0 aliphatic rings. The van der Waals surface area contributed by atoms with Gasteiger partial charge >= 0.3 is 5.97 Å². The van der Waals surface area contributed by atoms with Crippen molar-refractivity contribution >= 4 is 22.8 Å². The van der Waals surface area contributed by atoms with Crippen LogP contribution in [-0.4, -0.2) is 128 Å². The van der Waals surface area contributed by atoms with E-state index in [1.807, 2.05) is 20.8 Å². The van der Waals surface area contributed by atoms with E-state index in [0.717, 1.165) is 0 Å². The molecule has 0 N–H and O–H groups in total. The first-order valence-corrected chi connectivity index (χ1v) is 13.8. The molecule has 0 aliphatic carbocycles. The molecule has 0 heterocycles. The first-order chi connectivity index (χ1) is 17.8. The summed E-state index contributed by atoms with van der Waals surface area (Å²) in [4.78, 5) is 22.3. The predicted octanol–water partition coefficient (Wildman–Crippen LogP) is 2.13. The van der Waals surface area contributed by atoms with Crippen LogP contribution in [0.3, 0.4) is 0 Å². The van der Waals surface area contributed by atoms with Gasteiger partial charge in [0.2, 0.25) is 0 Å². The Morgan fingerprint density at radius 1 is 0.514 bits per heavy atom. The fraction of sp³-hybridized carbons (Fsp3) is 0.920. The Bertz CT molecular complexity index is 529. The van der Waals surface area contributed by atoms with Crippen molar-refractivity contribution in [1.82, 2.24) is 0 Å². The Labute approximate surface area is 226 Å². The average Bonchev–Trinajstić information content (AvgIpc) is 2.82. The van der Waals surface area contributed by atoms with Crippen molar-refractivity contribution in [2.24, 2.45) is 0 Å². The number of hydrogen-bond acceptors (Lipinski definition) is 12. The van der Waals surface area contributed by atoms with Crippen molar-refractivity contribution in [2.45, 2.75) is 39.7 Å². The van der Waals surface area contributed by atoms with Gasteiger partial charge in [0.15, 0.2) is 5.12 Å². The van der Waals surface area contributed by atoms with Crippen molar-refractivity contribution in [3.05, 3.63) is 0 Å². The molecule has 0 saturated carbocycles. The molecule has 11 nitrogen and oxygen atoms in total. The van der Waals surface area contributed by atoms with Crippen LogP contribution in [0.25, 0.3) is 0 Å². The van der Waals surface area contributed by atoms with Crippen LogP contribution in [0.1, 0.15) is 34.1 Å². The monoisotopic (exact) mass is 556 g/mol. The Kier molecular flexibility index (Phi) is 26.2. The Morgan fingerprint density at radius 2 is 0.811 bits per heavy atom. The van der Waals surface area contributed by atoms with E-state index in [2.05, 4.69) is 0 Å². The molecule has 0 spiro atoms. The van der Waals surface area contributed by atoms with Crippen molar-refractivity contribution in [3.8, 4) is 0 Å². The van der Waals surface area contributed by atoms with Crippen molar-refractivity contribution in [1.29, 1.82) is 0 Å². The number of rotatable bonds is 27. The minimum absolute atomic E-state index is 0.103. The molecule has 0 rings (SSSR count). The average molecular weight is 557 g/mol. The highest BCUT2D eigenvalue weighted by molar-refractivity contribution is 8.13. The van der Waals surface area contributed by atoms with Crippen molar-refractivity contribution in [3.63, 3.8) is 0 Å². The van der Waals surface area contributed by atoms with E-state index >= 15 is 0 Å². The van der Waals surface area contributed by atoms with Gasteiger partial charge in [0.05, 0.1) is 112 Å². The van der Waals surface area contributed by atoms with Gasteiger partial charge in [-0.1, -0.05) is 11.8 Å². The quantitative estimate of drug-likeness (QED) is 0.109. The highest BCUT2D eigenvalue weighted by Crippen LogP contribution is 2.08. The van der Waals surface area contributed by atoms with E-state index in [4.69, 9.17) is 42.6 Å². The number of thioether (sulfide) groups is 1. The van der Waals surface area contributed by atoms with Gasteiger partial charge in [0.1, 0.15) is 5.60 Å². The molecule has 0 aromatic carbocycles. The summed E-state index contributed by atoms with van der Waals surface area (Å²) in [6.45, 7) is 14.7. The second-order valence-electron chi connectivity index (χ2n) is 8.58. The summed E-state index contributed by atoms with van der Waals surface area (Å²) in [5.41, 5.74) is -0.471. The molecule has 0 aromatic rings. The van der Waals surface area contributed by atoms with Crippen LogP contribution < -0.4 is 0 Å². The SMILES string of the molecule is CC(=O)SCCOCCOCCOCCOCCOCCOCCOCCOCCC(=O)OC(C)(C)C. The summed E-state index contributed by atoms with van der Waals surface area (Å²) in [5, 5.41) is 0.103. The summed E-state index contributed by atoms with van der Waals surface area (Å²) in [6, 6.07) is 0. The summed E-state index contributed by atoms with van der Waals surface area (Å²) in [6.07, 6.45) is 0.233. The van der Waals surface area contributed by atoms with Crippen LogP contribution in [0.15, 0.2) is 0 Å². The van der Waals surface area contributed by atoms with Crippen molar-refractivity contribution < 1.29 is 52.2 Å². The van der Waals surface area contributed by atoms with Gasteiger partial charge in [-0.05, 0) is 20.8 Å². The first kappa shape index (κ1) is 36.2. The van der Waals surface area contributed by atoms with E-state index in [-0.39, 0.29) is 17.5 Å². The normalized spacial score (nSPS) is 11.7. The van der Waals surface area contributed by atoms with Crippen LogP contribution in [0, 0.1) is 0 Å². The van der Waals surface area contributed by atoms with Crippen molar-refractivity contribution in [2.75, 3.05) is 111 Å². The Balaban J connectivity index is 3.11. The summed E-state index contributed by atoms with van der Waals surface area (Å²) < 4.78 is 48.4. The maximum absolute atomic E-state index is 11.5. The number of ether oxygens (including phenoxy) is 9. The molecule has 0 unspecified atom stereocenters. The maximum atomic E-state index is 11.5. The van der Waals surface area contributed by atoms with Gasteiger partial charge in [0, 0.05) is 12.7 Å².